The second kappa shape index (κ2) is 15.0. The maximum Gasteiger partial charge on any atom is 0.335 e. The summed E-state index contributed by atoms with van der Waals surface area (Å²) in [5, 5.41) is 99.4. The van der Waals surface area contributed by atoms with E-state index in [1.165, 1.54) is 36.4 Å². The smallest absolute Gasteiger partial charge is 0.335 e. The Hall–Kier alpha value is -4.75. The molecule has 2 aromatic carbocycles. The molecule has 0 bridgehead atoms. The summed E-state index contributed by atoms with van der Waals surface area (Å²) in [7, 11) is 0. The summed E-state index contributed by atoms with van der Waals surface area (Å²) in [5.74, 6) is -5.45. The lowest BCUT2D eigenvalue weighted by Gasteiger charge is -2.40. The average Bonchev–Trinajstić information content (AvgIpc) is 3.03. The Morgan fingerprint density at radius 3 is 2.00 bits per heavy atom. The SMILES string of the molecule is O=C(/C=C/c1ccc(O)c(O)c1)O[C@H]1[C@H](O)C[C@](O)(C(=O)O)C[C@H]1OC(=O)/C=C/c1ccc(O[C@@H]2O[C@H](CO)[C@@H](O)[C@H](O)[C@H]2O)c(O)c1. The maximum absolute atomic E-state index is 12.7. The number of carbonyl (C=O) groups is 3. The number of carbonyl (C=O) groups excluding carboxylic acids is 2. The number of benzene rings is 2. The summed E-state index contributed by atoms with van der Waals surface area (Å²) in [6, 6.07) is 7.39. The summed E-state index contributed by atoms with van der Waals surface area (Å²) >= 11 is 0. The van der Waals surface area contributed by atoms with Crippen molar-refractivity contribution in [2.45, 2.75) is 67.5 Å². The van der Waals surface area contributed by atoms with Crippen LogP contribution >= 0.6 is 0 Å². The number of hydrogen-bond acceptors (Lipinski definition) is 16. The number of ether oxygens (including phenoxy) is 4. The molecule has 1 saturated carbocycles. The van der Waals surface area contributed by atoms with Crippen LogP contribution in [0.15, 0.2) is 48.6 Å². The Labute approximate surface area is 271 Å². The molecule has 10 N–H and O–H groups in total. The Morgan fingerprint density at radius 2 is 1.42 bits per heavy atom. The van der Waals surface area contributed by atoms with E-state index < -0.39 is 103 Å². The molecule has 260 valence electrons. The highest BCUT2D eigenvalue weighted by molar-refractivity contribution is 5.88. The van der Waals surface area contributed by atoms with Gasteiger partial charge in [0.2, 0.25) is 6.29 Å². The molecule has 9 atom stereocenters. The van der Waals surface area contributed by atoms with Crippen molar-refractivity contribution in [3.63, 3.8) is 0 Å². The molecule has 2 aliphatic rings. The van der Waals surface area contributed by atoms with Gasteiger partial charge in [0.25, 0.3) is 0 Å². The minimum atomic E-state index is -2.53. The van der Waals surface area contributed by atoms with Gasteiger partial charge in [-0.25, -0.2) is 14.4 Å². The lowest BCUT2D eigenvalue weighted by Crippen LogP contribution is -2.60. The predicted octanol–water partition coefficient (Wildman–Crippen LogP) is -1.50. The summed E-state index contributed by atoms with van der Waals surface area (Å²) in [6.45, 7) is -0.695. The number of hydrogen-bond donors (Lipinski definition) is 10. The van der Waals surface area contributed by atoms with E-state index in [1.807, 2.05) is 0 Å². The molecule has 17 nitrogen and oxygen atoms in total. The van der Waals surface area contributed by atoms with Crippen LogP contribution in [0.3, 0.4) is 0 Å². The number of aliphatic hydroxyl groups excluding tert-OH is 5. The number of phenolic OH excluding ortho intramolecular Hbond substituents is 3. The molecule has 0 aromatic heterocycles. The lowest BCUT2D eigenvalue weighted by atomic mass is 9.79. The number of aliphatic hydroxyl groups is 6. The zero-order valence-electron chi connectivity index (χ0n) is 24.8. The van der Waals surface area contributed by atoms with Crippen LogP contribution in [0.25, 0.3) is 12.2 Å². The normalized spacial score (nSPS) is 30.6. The molecule has 0 spiro atoms. The van der Waals surface area contributed by atoms with Crippen molar-refractivity contribution in [1.29, 1.82) is 0 Å². The van der Waals surface area contributed by atoms with Crippen LogP contribution in [0.4, 0.5) is 0 Å². The molecule has 2 aromatic rings. The van der Waals surface area contributed by atoms with Crippen molar-refractivity contribution in [3.8, 4) is 23.0 Å². The molecular formula is C31H34O17. The van der Waals surface area contributed by atoms with Gasteiger partial charge in [-0.1, -0.05) is 12.1 Å². The van der Waals surface area contributed by atoms with Gasteiger partial charge in [0.1, 0.15) is 30.5 Å². The fourth-order valence-corrected chi connectivity index (χ4v) is 5.04. The van der Waals surface area contributed by atoms with E-state index in [-0.39, 0.29) is 17.1 Å². The molecule has 1 saturated heterocycles. The molecule has 1 aliphatic carbocycles. The number of rotatable bonds is 10. The van der Waals surface area contributed by atoms with Crippen molar-refractivity contribution in [2.75, 3.05) is 6.61 Å². The summed E-state index contributed by atoms with van der Waals surface area (Å²) in [5.41, 5.74) is -2.04. The highest BCUT2D eigenvalue weighted by atomic mass is 16.7. The van der Waals surface area contributed by atoms with E-state index in [9.17, 15) is 65.4 Å². The highest BCUT2D eigenvalue weighted by Gasteiger charge is 2.52. The minimum absolute atomic E-state index is 0.199. The van der Waals surface area contributed by atoms with Crippen LogP contribution in [0, 0.1) is 0 Å². The molecule has 2 fully saturated rings. The first kappa shape index (κ1) is 36.1. The quantitative estimate of drug-likeness (QED) is 0.0777. The maximum atomic E-state index is 12.7. The predicted molar refractivity (Wildman–Crippen MR) is 158 cm³/mol. The highest BCUT2D eigenvalue weighted by Crippen LogP contribution is 2.34. The molecule has 0 amide bonds. The van der Waals surface area contributed by atoms with Crippen LogP contribution in [-0.2, 0) is 28.6 Å². The van der Waals surface area contributed by atoms with E-state index in [1.54, 1.807) is 0 Å². The van der Waals surface area contributed by atoms with Crippen LogP contribution in [0.5, 0.6) is 23.0 Å². The lowest BCUT2D eigenvalue weighted by molar-refractivity contribution is -0.277. The second-order valence-electron chi connectivity index (χ2n) is 11.1. The third kappa shape index (κ3) is 8.39. The molecule has 4 rings (SSSR count). The van der Waals surface area contributed by atoms with Crippen LogP contribution < -0.4 is 4.74 Å². The largest absolute Gasteiger partial charge is 0.504 e. The molecule has 48 heavy (non-hydrogen) atoms. The van der Waals surface area contributed by atoms with Gasteiger partial charge in [0, 0.05) is 25.0 Å². The zero-order valence-corrected chi connectivity index (χ0v) is 24.8. The Balaban J connectivity index is 1.43. The van der Waals surface area contributed by atoms with E-state index in [0.29, 0.717) is 5.56 Å². The van der Waals surface area contributed by atoms with E-state index in [0.717, 1.165) is 24.3 Å². The first-order valence-corrected chi connectivity index (χ1v) is 14.3. The van der Waals surface area contributed by atoms with Crippen LogP contribution in [-0.4, -0.2) is 130 Å². The van der Waals surface area contributed by atoms with Crippen molar-refractivity contribution in [2.24, 2.45) is 0 Å². The standard InChI is InChI=1S/C31H34O17/c32-13-22-25(39)26(40)27(41)29(47-22)46-20-6-2-15(10-18(20)35)3-7-23(37)45-21-12-31(44,30(42)43)11-19(36)28(21)48-24(38)8-4-14-1-5-16(33)17(34)9-14/h1-10,19,21-22,25-29,32-36,39-41,44H,11-13H2,(H,42,43)/b7-3+,8-4+/t19-,21-,22-,25-,26+,27-,28+,29-,31-/m1/s1. The van der Waals surface area contributed by atoms with Gasteiger partial charge in [-0.3, -0.25) is 0 Å². The first-order chi connectivity index (χ1) is 22.6. The number of phenols is 3. The molecule has 1 aliphatic heterocycles. The number of aliphatic carboxylic acids is 1. The molecule has 0 unspecified atom stereocenters. The third-order valence-electron chi connectivity index (χ3n) is 7.65. The topological polar surface area (TPSA) is 290 Å². The van der Waals surface area contributed by atoms with Crippen LogP contribution in [0.2, 0.25) is 0 Å². The Morgan fingerprint density at radius 1 is 0.812 bits per heavy atom. The van der Waals surface area contributed by atoms with Crippen molar-refractivity contribution in [3.05, 3.63) is 59.7 Å². The zero-order chi connectivity index (χ0) is 35.3. The van der Waals surface area contributed by atoms with Crippen molar-refractivity contribution in [1.82, 2.24) is 0 Å². The van der Waals surface area contributed by atoms with Gasteiger partial charge in [-0.15, -0.1) is 0 Å². The van der Waals surface area contributed by atoms with E-state index in [4.69, 9.17) is 18.9 Å². The fourth-order valence-electron chi connectivity index (χ4n) is 5.04. The molecular weight excluding hydrogens is 644 g/mol. The number of esters is 2. The fraction of sp³-hybridized carbons (Fsp3) is 0.387. The van der Waals surface area contributed by atoms with Gasteiger partial charge in [0.05, 0.1) is 12.7 Å². The summed E-state index contributed by atoms with van der Waals surface area (Å²) in [4.78, 5) is 37.0. The molecule has 0 radical (unpaired) electrons. The minimum Gasteiger partial charge on any atom is -0.504 e. The average molecular weight is 679 g/mol. The summed E-state index contributed by atoms with van der Waals surface area (Å²) < 4.78 is 21.1. The Kier molecular flexibility index (Phi) is 11.3. The van der Waals surface area contributed by atoms with Gasteiger partial charge in [-0.2, -0.15) is 0 Å². The monoisotopic (exact) mass is 678 g/mol. The van der Waals surface area contributed by atoms with Gasteiger partial charge < -0.3 is 70.0 Å². The van der Waals surface area contributed by atoms with Crippen LogP contribution in [0.1, 0.15) is 24.0 Å². The second-order valence-corrected chi connectivity index (χ2v) is 11.1. The number of carboxylic acids is 1. The van der Waals surface area contributed by atoms with Crippen molar-refractivity contribution < 1.29 is 84.4 Å². The summed E-state index contributed by atoms with van der Waals surface area (Å²) in [6.07, 6.45) is -10.3. The van der Waals surface area contributed by atoms with Gasteiger partial charge in [-0.05, 0) is 47.5 Å². The number of aromatic hydroxyl groups is 3. The molecule has 17 heteroatoms. The van der Waals surface area contributed by atoms with E-state index in [2.05, 4.69) is 0 Å². The third-order valence-corrected chi connectivity index (χ3v) is 7.65. The van der Waals surface area contributed by atoms with Crippen molar-refractivity contribution >= 4 is 30.1 Å². The molecule has 1 heterocycles. The number of carboxylic acid groups (broad SMARTS) is 1. The van der Waals surface area contributed by atoms with Gasteiger partial charge in [0.15, 0.2) is 34.7 Å². The van der Waals surface area contributed by atoms with E-state index >= 15 is 0 Å². The van der Waals surface area contributed by atoms with Gasteiger partial charge >= 0.3 is 17.9 Å². The first-order valence-electron chi connectivity index (χ1n) is 14.3. The Bertz CT molecular complexity index is 1550.